The molecular formula is C63H116O6. The highest BCUT2D eigenvalue weighted by molar-refractivity contribution is 5.71. The van der Waals surface area contributed by atoms with Crippen molar-refractivity contribution in [3.8, 4) is 0 Å². The van der Waals surface area contributed by atoms with E-state index in [4.69, 9.17) is 14.2 Å². The largest absolute Gasteiger partial charge is 0.462 e. The SMILES string of the molecule is CCCCCCC/C=C\C/C=C\C/C=C\CCCCCCCCC(=O)OCC(COC(=O)CCCCCCCCCCCCCCC)OC(=O)CCCCCCCCCCCCCCCCCCC. The molecule has 0 aromatic heterocycles. The molecule has 0 bridgehead atoms. The van der Waals surface area contributed by atoms with Crippen molar-refractivity contribution in [2.75, 3.05) is 13.2 Å². The maximum Gasteiger partial charge on any atom is 0.306 e. The Kier molecular flexibility index (Phi) is 56.2. The van der Waals surface area contributed by atoms with Crippen LogP contribution in [0.5, 0.6) is 0 Å². The molecule has 0 aliphatic carbocycles. The summed E-state index contributed by atoms with van der Waals surface area (Å²) in [6.45, 7) is 6.67. The number of carbonyl (C=O) groups excluding carboxylic acids is 3. The van der Waals surface area contributed by atoms with Gasteiger partial charge < -0.3 is 14.2 Å². The van der Waals surface area contributed by atoms with Crippen LogP contribution in [0, 0.1) is 0 Å². The number of hydrogen-bond donors (Lipinski definition) is 0. The fourth-order valence-corrected chi connectivity index (χ4v) is 9.04. The van der Waals surface area contributed by atoms with Gasteiger partial charge in [-0.25, -0.2) is 0 Å². The number of allylic oxidation sites excluding steroid dienone is 6. The van der Waals surface area contributed by atoms with Gasteiger partial charge in [-0.2, -0.15) is 0 Å². The number of rotatable bonds is 56. The third kappa shape index (κ3) is 56.4. The highest BCUT2D eigenvalue weighted by atomic mass is 16.6. The van der Waals surface area contributed by atoms with Crippen molar-refractivity contribution in [2.45, 2.75) is 335 Å². The molecule has 404 valence electrons. The van der Waals surface area contributed by atoms with E-state index in [1.54, 1.807) is 0 Å². The number of hydrogen-bond acceptors (Lipinski definition) is 6. The van der Waals surface area contributed by atoms with Crippen LogP contribution in [0.2, 0.25) is 0 Å². The maximum atomic E-state index is 12.9. The molecule has 1 unspecified atom stereocenters. The number of unbranched alkanes of at least 4 members (excludes halogenated alkanes) is 39. The monoisotopic (exact) mass is 969 g/mol. The van der Waals surface area contributed by atoms with Gasteiger partial charge in [0.05, 0.1) is 0 Å². The third-order valence-corrected chi connectivity index (χ3v) is 13.6. The summed E-state index contributed by atoms with van der Waals surface area (Å²) < 4.78 is 16.9. The first kappa shape index (κ1) is 66.6. The lowest BCUT2D eigenvalue weighted by atomic mass is 10.0. The molecule has 0 amide bonds. The third-order valence-electron chi connectivity index (χ3n) is 13.6. The summed E-state index contributed by atoms with van der Waals surface area (Å²) in [4.78, 5) is 38.2. The molecule has 0 spiro atoms. The van der Waals surface area contributed by atoms with E-state index in [2.05, 4.69) is 57.2 Å². The van der Waals surface area contributed by atoms with E-state index < -0.39 is 6.10 Å². The van der Waals surface area contributed by atoms with E-state index in [9.17, 15) is 14.4 Å². The molecule has 0 saturated carbocycles. The summed E-state index contributed by atoms with van der Waals surface area (Å²) in [5, 5.41) is 0. The predicted octanol–water partition coefficient (Wildman–Crippen LogP) is 20.4. The van der Waals surface area contributed by atoms with E-state index >= 15 is 0 Å². The highest BCUT2D eigenvalue weighted by Crippen LogP contribution is 2.17. The highest BCUT2D eigenvalue weighted by Gasteiger charge is 2.19. The Bertz CT molecular complexity index is 1160. The smallest absolute Gasteiger partial charge is 0.306 e. The minimum absolute atomic E-state index is 0.0712. The minimum Gasteiger partial charge on any atom is -0.462 e. The van der Waals surface area contributed by atoms with Crippen molar-refractivity contribution in [1.29, 1.82) is 0 Å². The van der Waals surface area contributed by atoms with E-state index in [-0.39, 0.29) is 31.1 Å². The first-order valence-electron chi connectivity index (χ1n) is 30.5. The summed E-state index contributed by atoms with van der Waals surface area (Å²) in [5.74, 6) is -0.862. The number of carbonyl (C=O) groups is 3. The van der Waals surface area contributed by atoms with Gasteiger partial charge in [-0.15, -0.1) is 0 Å². The zero-order valence-corrected chi connectivity index (χ0v) is 46.3. The Labute approximate surface area is 429 Å². The lowest BCUT2D eigenvalue weighted by Gasteiger charge is -2.18. The molecule has 0 heterocycles. The molecule has 0 radical (unpaired) electrons. The Balaban J connectivity index is 4.33. The second-order valence-corrected chi connectivity index (χ2v) is 20.6. The van der Waals surface area contributed by atoms with Crippen LogP contribution in [0.15, 0.2) is 36.5 Å². The molecule has 0 aromatic carbocycles. The summed E-state index contributed by atoms with van der Waals surface area (Å²) in [6, 6.07) is 0. The molecule has 0 N–H and O–H groups in total. The Hall–Kier alpha value is -2.37. The van der Waals surface area contributed by atoms with Crippen molar-refractivity contribution in [3.63, 3.8) is 0 Å². The summed E-state index contributed by atoms with van der Waals surface area (Å²) in [6.07, 6.45) is 69.9. The van der Waals surface area contributed by atoms with Crippen molar-refractivity contribution in [2.24, 2.45) is 0 Å². The minimum atomic E-state index is -0.773. The molecular weight excluding hydrogens is 853 g/mol. The zero-order valence-electron chi connectivity index (χ0n) is 46.3. The van der Waals surface area contributed by atoms with Crippen molar-refractivity contribution in [3.05, 3.63) is 36.5 Å². The Morgan fingerprint density at radius 2 is 0.522 bits per heavy atom. The summed E-state index contributed by atoms with van der Waals surface area (Å²) >= 11 is 0. The zero-order chi connectivity index (χ0) is 50.0. The number of esters is 3. The molecule has 6 nitrogen and oxygen atoms in total. The van der Waals surface area contributed by atoms with Crippen LogP contribution in [0.25, 0.3) is 0 Å². The fraction of sp³-hybridized carbons (Fsp3) is 0.857. The topological polar surface area (TPSA) is 78.9 Å². The molecule has 0 fully saturated rings. The van der Waals surface area contributed by atoms with Crippen LogP contribution in [-0.2, 0) is 28.6 Å². The first-order chi connectivity index (χ1) is 34.0. The Morgan fingerprint density at radius 3 is 0.812 bits per heavy atom. The van der Waals surface area contributed by atoms with Crippen LogP contribution >= 0.6 is 0 Å². The van der Waals surface area contributed by atoms with Gasteiger partial charge in [0, 0.05) is 19.3 Å². The predicted molar refractivity (Wildman–Crippen MR) is 298 cm³/mol. The van der Waals surface area contributed by atoms with Crippen molar-refractivity contribution in [1.82, 2.24) is 0 Å². The van der Waals surface area contributed by atoms with Gasteiger partial charge >= 0.3 is 17.9 Å². The van der Waals surface area contributed by atoms with Crippen LogP contribution in [0.1, 0.15) is 329 Å². The van der Waals surface area contributed by atoms with Crippen molar-refractivity contribution < 1.29 is 28.6 Å². The first-order valence-corrected chi connectivity index (χ1v) is 30.5. The van der Waals surface area contributed by atoms with Crippen molar-refractivity contribution >= 4 is 17.9 Å². The van der Waals surface area contributed by atoms with Gasteiger partial charge in [-0.1, -0.05) is 288 Å². The average Bonchev–Trinajstić information content (AvgIpc) is 3.35. The molecule has 69 heavy (non-hydrogen) atoms. The molecule has 0 aromatic rings. The van der Waals surface area contributed by atoms with Gasteiger partial charge in [0.15, 0.2) is 6.10 Å². The molecule has 0 aliphatic heterocycles. The summed E-state index contributed by atoms with van der Waals surface area (Å²) in [7, 11) is 0. The molecule has 0 saturated heterocycles. The molecule has 1 atom stereocenters. The van der Waals surface area contributed by atoms with E-state index in [0.717, 1.165) is 77.0 Å². The van der Waals surface area contributed by atoms with E-state index in [1.165, 1.54) is 212 Å². The van der Waals surface area contributed by atoms with Gasteiger partial charge in [0.1, 0.15) is 13.2 Å². The van der Waals surface area contributed by atoms with Crippen LogP contribution in [-0.4, -0.2) is 37.2 Å². The fourth-order valence-electron chi connectivity index (χ4n) is 9.04. The number of ether oxygens (including phenoxy) is 3. The second kappa shape index (κ2) is 58.2. The quantitative estimate of drug-likeness (QED) is 0.0261. The van der Waals surface area contributed by atoms with E-state index in [1.807, 2.05) is 0 Å². The van der Waals surface area contributed by atoms with Crippen LogP contribution < -0.4 is 0 Å². The molecule has 0 aliphatic rings. The lowest BCUT2D eigenvalue weighted by molar-refractivity contribution is -0.167. The van der Waals surface area contributed by atoms with Crippen LogP contribution in [0.4, 0.5) is 0 Å². The molecule has 6 heteroatoms. The van der Waals surface area contributed by atoms with E-state index in [0.29, 0.717) is 19.3 Å². The van der Waals surface area contributed by atoms with Gasteiger partial charge in [-0.3, -0.25) is 14.4 Å². The average molecular weight is 970 g/mol. The lowest BCUT2D eigenvalue weighted by Crippen LogP contribution is -2.30. The summed E-state index contributed by atoms with van der Waals surface area (Å²) in [5.41, 5.74) is 0. The van der Waals surface area contributed by atoms with Gasteiger partial charge in [-0.05, 0) is 57.8 Å². The van der Waals surface area contributed by atoms with Gasteiger partial charge in [0.25, 0.3) is 0 Å². The maximum absolute atomic E-state index is 12.9. The Morgan fingerprint density at radius 1 is 0.290 bits per heavy atom. The molecule has 0 rings (SSSR count). The second-order valence-electron chi connectivity index (χ2n) is 20.6. The van der Waals surface area contributed by atoms with Gasteiger partial charge in [0.2, 0.25) is 0 Å². The normalized spacial score (nSPS) is 12.2. The van der Waals surface area contributed by atoms with Crippen LogP contribution in [0.3, 0.4) is 0 Å². The standard InChI is InChI=1S/C63H116O6/c1-4-7-10-13-16-19-22-25-27-29-30-31-32-34-35-38-41-44-47-50-53-56-62(65)68-59-60(58-67-61(64)55-52-49-46-43-40-37-24-21-18-15-12-9-6-3)69-63(66)57-54-51-48-45-42-39-36-33-28-26-23-20-17-14-11-8-5-2/h22,25,29-30,32,34,60H,4-21,23-24,26-28,31,33,35-59H2,1-3H3/b25-22-,30-29-,34-32-.